The lowest BCUT2D eigenvalue weighted by Gasteiger charge is -2.19. The van der Waals surface area contributed by atoms with E-state index in [4.69, 9.17) is 19.7 Å². The van der Waals surface area contributed by atoms with Crippen molar-refractivity contribution in [3.8, 4) is 23.1 Å². The summed E-state index contributed by atoms with van der Waals surface area (Å²) < 4.78 is 17.6. The van der Waals surface area contributed by atoms with Crippen LogP contribution in [0.25, 0.3) is 11.6 Å². The summed E-state index contributed by atoms with van der Waals surface area (Å²) in [6.45, 7) is 2.77. The third-order valence-electron chi connectivity index (χ3n) is 3.87. The van der Waals surface area contributed by atoms with Crippen LogP contribution in [0.15, 0.2) is 46.2 Å². The van der Waals surface area contributed by atoms with Crippen LogP contribution in [0.2, 0.25) is 0 Å². The van der Waals surface area contributed by atoms with Crippen molar-refractivity contribution in [3.05, 3.63) is 36.6 Å². The number of nitrogens with two attached hydrogens (primary N) is 1. The Morgan fingerprint density at radius 1 is 1.26 bits per heavy atom. The van der Waals surface area contributed by atoms with Crippen LogP contribution in [-0.2, 0) is 4.79 Å². The van der Waals surface area contributed by atoms with Crippen LogP contribution in [0.4, 0.5) is 5.69 Å². The van der Waals surface area contributed by atoms with E-state index in [1.807, 2.05) is 0 Å². The van der Waals surface area contributed by atoms with Gasteiger partial charge in [0.1, 0.15) is 13.2 Å². The molecule has 0 aliphatic carbocycles. The topological polar surface area (TPSA) is 117 Å². The van der Waals surface area contributed by atoms with Crippen molar-refractivity contribution in [1.29, 1.82) is 0 Å². The van der Waals surface area contributed by atoms with E-state index in [0.29, 0.717) is 47.1 Å². The molecule has 1 aliphatic rings. The van der Waals surface area contributed by atoms with Gasteiger partial charge in [-0.15, -0.1) is 10.2 Å². The molecule has 4 rings (SSSR count). The maximum atomic E-state index is 12.5. The lowest BCUT2D eigenvalue weighted by Crippen LogP contribution is -2.24. The van der Waals surface area contributed by atoms with Crippen molar-refractivity contribution >= 4 is 23.4 Å². The van der Waals surface area contributed by atoms with Crippen LogP contribution in [-0.4, -0.2) is 39.2 Å². The van der Waals surface area contributed by atoms with Gasteiger partial charge in [-0.3, -0.25) is 4.79 Å². The Labute approximate surface area is 158 Å². The number of thioether (sulfide) groups is 1. The molecule has 0 radical (unpaired) electrons. The molecule has 27 heavy (non-hydrogen) atoms. The summed E-state index contributed by atoms with van der Waals surface area (Å²) in [7, 11) is 0. The van der Waals surface area contributed by atoms with Gasteiger partial charge < -0.3 is 25.1 Å². The first-order valence-corrected chi connectivity index (χ1v) is 9.11. The second-order valence-corrected chi connectivity index (χ2v) is 7.07. The van der Waals surface area contributed by atoms with E-state index in [1.54, 1.807) is 37.3 Å². The Morgan fingerprint density at radius 3 is 2.85 bits per heavy atom. The van der Waals surface area contributed by atoms with Crippen LogP contribution in [0.5, 0.6) is 11.5 Å². The van der Waals surface area contributed by atoms with Crippen molar-refractivity contribution in [1.82, 2.24) is 14.9 Å². The monoisotopic (exact) mass is 387 g/mol. The van der Waals surface area contributed by atoms with E-state index in [1.165, 1.54) is 22.7 Å². The van der Waals surface area contributed by atoms with Gasteiger partial charge in [0.25, 0.3) is 0 Å². The fourth-order valence-corrected chi connectivity index (χ4v) is 3.28. The molecule has 0 spiro atoms. The number of hydrogen-bond donors (Lipinski definition) is 2. The summed E-state index contributed by atoms with van der Waals surface area (Å²) in [5, 5.41) is 10.9. The number of amides is 1. The van der Waals surface area contributed by atoms with Gasteiger partial charge in [-0.25, -0.2) is 4.68 Å². The molecule has 3 N–H and O–H groups in total. The molecule has 1 atom stereocenters. The van der Waals surface area contributed by atoms with Crippen molar-refractivity contribution in [2.24, 2.45) is 0 Å². The lowest BCUT2D eigenvalue weighted by atomic mass is 10.2. The summed E-state index contributed by atoms with van der Waals surface area (Å²) in [6, 6.07) is 8.75. The quantitative estimate of drug-likeness (QED) is 0.505. The van der Waals surface area contributed by atoms with Crippen LogP contribution >= 0.6 is 11.8 Å². The van der Waals surface area contributed by atoms with Gasteiger partial charge in [-0.05, 0) is 31.2 Å². The number of furan rings is 1. The first kappa shape index (κ1) is 17.3. The highest BCUT2D eigenvalue weighted by atomic mass is 32.2. The number of anilines is 1. The Morgan fingerprint density at radius 2 is 2.07 bits per heavy atom. The van der Waals surface area contributed by atoms with Gasteiger partial charge in [0.15, 0.2) is 17.3 Å². The summed E-state index contributed by atoms with van der Waals surface area (Å²) in [4.78, 5) is 12.5. The Balaban J connectivity index is 1.43. The minimum atomic E-state index is -0.450. The van der Waals surface area contributed by atoms with Gasteiger partial charge in [0, 0.05) is 11.8 Å². The maximum absolute atomic E-state index is 12.5. The van der Waals surface area contributed by atoms with Crippen molar-refractivity contribution < 1.29 is 18.7 Å². The number of nitrogens with one attached hydrogen (secondary N) is 1. The minimum Gasteiger partial charge on any atom is -0.486 e. The summed E-state index contributed by atoms with van der Waals surface area (Å²) >= 11 is 1.20. The van der Waals surface area contributed by atoms with Crippen LogP contribution < -0.4 is 20.6 Å². The highest BCUT2D eigenvalue weighted by Gasteiger charge is 2.21. The number of carbonyl (C=O) groups excluding carboxylic acids is 1. The van der Waals surface area contributed by atoms with E-state index in [0.717, 1.165) is 0 Å². The van der Waals surface area contributed by atoms with Crippen molar-refractivity contribution in [3.63, 3.8) is 0 Å². The predicted molar refractivity (Wildman–Crippen MR) is 99.3 cm³/mol. The van der Waals surface area contributed by atoms with Gasteiger partial charge in [-0.1, -0.05) is 11.8 Å². The van der Waals surface area contributed by atoms with Gasteiger partial charge in [0.2, 0.25) is 16.9 Å². The van der Waals surface area contributed by atoms with Crippen molar-refractivity contribution in [2.75, 3.05) is 24.4 Å². The average Bonchev–Trinajstić information content (AvgIpc) is 3.32. The Hall–Kier alpha value is -3.14. The number of benzene rings is 1. The first-order chi connectivity index (χ1) is 13.1. The molecular formula is C17H17N5O4S. The molecular weight excluding hydrogens is 370 g/mol. The molecule has 2 aromatic heterocycles. The standard InChI is InChI=1S/C17H17N5O4S/c1-10(27-17-21-20-15(22(17)18)13-3-2-6-24-13)16(23)19-11-4-5-12-14(9-11)26-8-7-25-12/h2-6,9-10H,7-8,18H2,1H3,(H,19,23)/t10-/m0/s1. The maximum Gasteiger partial charge on any atom is 0.237 e. The third-order valence-corrected chi connectivity index (χ3v) is 4.92. The number of nitrogen functional groups attached to an aromatic ring is 1. The molecule has 0 bridgehead atoms. The van der Waals surface area contributed by atoms with Crippen LogP contribution in [0.3, 0.4) is 0 Å². The third kappa shape index (κ3) is 3.56. The zero-order valence-corrected chi connectivity index (χ0v) is 15.2. The van der Waals surface area contributed by atoms with Gasteiger partial charge in [-0.2, -0.15) is 0 Å². The average molecular weight is 387 g/mol. The smallest absolute Gasteiger partial charge is 0.237 e. The molecule has 0 saturated carbocycles. The van der Waals surface area contributed by atoms with Gasteiger partial charge >= 0.3 is 0 Å². The molecule has 0 fully saturated rings. The number of rotatable bonds is 5. The molecule has 0 saturated heterocycles. The lowest BCUT2D eigenvalue weighted by molar-refractivity contribution is -0.115. The normalized spacial score (nSPS) is 14.0. The SMILES string of the molecule is C[C@H](Sc1nnc(-c2ccco2)n1N)C(=O)Nc1ccc2c(c1)OCCO2. The van der Waals surface area contributed by atoms with E-state index in [9.17, 15) is 4.79 Å². The number of fused-ring (bicyclic) bond motifs is 1. The number of aromatic nitrogens is 3. The Kier molecular flexibility index (Phi) is 4.63. The van der Waals surface area contributed by atoms with E-state index < -0.39 is 5.25 Å². The largest absolute Gasteiger partial charge is 0.486 e. The highest BCUT2D eigenvalue weighted by Crippen LogP contribution is 2.33. The fraction of sp³-hybridized carbons (Fsp3) is 0.235. The zero-order chi connectivity index (χ0) is 18.8. The predicted octanol–water partition coefficient (Wildman–Crippen LogP) is 2.14. The molecule has 3 heterocycles. The second-order valence-electron chi connectivity index (χ2n) is 5.76. The molecule has 9 nitrogen and oxygen atoms in total. The molecule has 0 unspecified atom stereocenters. The molecule has 1 aromatic carbocycles. The number of nitrogens with zero attached hydrogens (tertiary/aromatic N) is 3. The molecule has 140 valence electrons. The zero-order valence-electron chi connectivity index (χ0n) is 14.4. The van der Waals surface area contributed by atoms with E-state index >= 15 is 0 Å². The molecule has 10 heteroatoms. The van der Waals surface area contributed by atoms with Crippen molar-refractivity contribution in [2.45, 2.75) is 17.3 Å². The fourth-order valence-electron chi connectivity index (χ4n) is 2.51. The number of ether oxygens (including phenoxy) is 2. The molecule has 1 aliphatic heterocycles. The number of carbonyl (C=O) groups is 1. The van der Waals surface area contributed by atoms with E-state index in [-0.39, 0.29) is 5.91 Å². The summed E-state index contributed by atoms with van der Waals surface area (Å²) in [6.07, 6.45) is 1.53. The molecule has 3 aromatic rings. The molecule has 1 amide bonds. The Bertz CT molecular complexity index is 956. The van der Waals surface area contributed by atoms with E-state index in [2.05, 4.69) is 15.5 Å². The van der Waals surface area contributed by atoms with Gasteiger partial charge in [0.05, 0.1) is 11.5 Å². The minimum absolute atomic E-state index is 0.195. The summed E-state index contributed by atoms with van der Waals surface area (Å²) in [5.74, 6) is 8.01. The first-order valence-electron chi connectivity index (χ1n) is 8.23. The summed E-state index contributed by atoms with van der Waals surface area (Å²) in [5.41, 5.74) is 0.627. The van der Waals surface area contributed by atoms with Crippen LogP contribution in [0.1, 0.15) is 6.92 Å². The second kappa shape index (κ2) is 7.23. The number of hydrogen-bond acceptors (Lipinski definition) is 8. The van der Waals surface area contributed by atoms with Crippen LogP contribution in [0, 0.1) is 0 Å². The highest BCUT2D eigenvalue weighted by molar-refractivity contribution is 8.00.